The second kappa shape index (κ2) is 7.18. The standard InChI is InChI=1S/C11H10.C2H6/c1-3-5-11-8-6-10(4-2)7-9-11;1-2/h2-3,6-9H,1,5H2;1-2H3. The molecule has 13 heavy (non-hydrogen) atoms. The summed E-state index contributed by atoms with van der Waals surface area (Å²) < 4.78 is 0. The lowest BCUT2D eigenvalue weighted by Gasteiger charge is -1.94. The van der Waals surface area contributed by atoms with Crippen LogP contribution in [0.2, 0.25) is 0 Å². The third-order valence-corrected chi connectivity index (χ3v) is 1.50. The molecule has 0 saturated heterocycles. The average Bonchev–Trinajstić information content (AvgIpc) is 2.23. The zero-order valence-electron chi connectivity index (χ0n) is 8.38. The molecular formula is C13H16. The lowest BCUT2D eigenvalue weighted by molar-refractivity contribution is 1.27. The maximum atomic E-state index is 5.20. The van der Waals surface area contributed by atoms with Crippen molar-refractivity contribution < 1.29 is 0 Å². The first-order chi connectivity index (χ1) is 6.36. The monoisotopic (exact) mass is 172 g/mol. The summed E-state index contributed by atoms with van der Waals surface area (Å²) in [4.78, 5) is 0. The minimum atomic E-state index is 0.908. The first-order valence-electron chi connectivity index (χ1n) is 4.53. The van der Waals surface area contributed by atoms with Gasteiger partial charge in [-0.05, 0) is 24.1 Å². The fourth-order valence-electron chi connectivity index (χ4n) is 0.904. The van der Waals surface area contributed by atoms with Crippen LogP contribution >= 0.6 is 0 Å². The Morgan fingerprint density at radius 3 is 2.23 bits per heavy atom. The molecule has 0 nitrogen and oxygen atoms in total. The molecule has 0 radical (unpaired) electrons. The minimum Gasteiger partial charge on any atom is -0.115 e. The molecule has 0 unspecified atom stereocenters. The van der Waals surface area contributed by atoms with Crippen LogP contribution in [0.5, 0.6) is 0 Å². The van der Waals surface area contributed by atoms with Crippen molar-refractivity contribution in [3.63, 3.8) is 0 Å². The van der Waals surface area contributed by atoms with E-state index in [1.165, 1.54) is 5.56 Å². The number of rotatable bonds is 2. The van der Waals surface area contributed by atoms with E-state index in [0.29, 0.717) is 0 Å². The molecule has 68 valence electrons. The van der Waals surface area contributed by atoms with Gasteiger partial charge in [-0.15, -0.1) is 13.0 Å². The second-order valence-electron chi connectivity index (χ2n) is 2.33. The summed E-state index contributed by atoms with van der Waals surface area (Å²) in [7, 11) is 0. The van der Waals surface area contributed by atoms with Crippen LogP contribution < -0.4 is 0 Å². The quantitative estimate of drug-likeness (QED) is 0.473. The molecule has 1 aromatic rings. The van der Waals surface area contributed by atoms with Gasteiger partial charge in [-0.25, -0.2) is 0 Å². The Morgan fingerprint density at radius 2 is 1.85 bits per heavy atom. The van der Waals surface area contributed by atoms with Gasteiger partial charge in [0.2, 0.25) is 0 Å². The number of hydrogen-bond acceptors (Lipinski definition) is 0. The number of allylic oxidation sites excluding steroid dienone is 1. The van der Waals surface area contributed by atoms with Crippen LogP contribution in [0, 0.1) is 12.3 Å². The van der Waals surface area contributed by atoms with Gasteiger partial charge < -0.3 is 0 Å². The van der Waals surface area contributed by atoms with Gasteiger partial charge in [0.25, 0.3) is 0 Å². The van der Waals surface area contributed by atoms with E-state index in [4.69, 9.17) is 6.42 Å². The van der Waals surface area contributed by atoms with Gasteiger partial charge in [-0.2, -0.15) is 0 Å². The summed E-state index contributed by atoms with van der Waals surface area (Å²) >= 11 is 0. The van der Waals surface area contributed by atoms with Crippen molar-refractivity contribution in [1.29, 1.82) is 0 Å². The summed E-state index contributed by atoms with van der Waals surface area (Å²) in [5.74, 6) is 2.57. The van der Waals surface area contributed by atoms with Gasteiger partial charge in [-0.1, -0.05) is 38.0 Å². The van der Waals surface area contributed by atoms with E-state index in [1.54, 1.807) is 0 Å². The predicted molar refractivity (Wildman–Crippen MR) is 59.6 cm³/mol. The van der Waals surface area contributed by atoms with Crippen molar-refractivity contribution in [1.82, 2.24) is 0 Å². The summed E-state index contributed by atoms with van der Waals surface area (Å²) in [6.45, 7) is 7.66. The zero-order chi connectivity index (χ0) is 10.1. The van der Waals surface area contributed by atoms with Crippen molar-refractivity contribution >= 4 is 0 Å². The van der Waals surface area contributed by atoms with Gasteiger partial charge >= 0.3 is 0 Å². The maximum Gasteiger partial charge on any atom is 0.0242 e. The fraction of sp³-hybridized carbons (Fsp3) is 0.231. The van der Waals surface area contributed by atoms with E-state index in [9.17, 15) is 0 Å². The highest BCUT2D eigenvalue weighted by molar-refractivity contribution is 5.34. The molecule has 0 aliphatic rings. The number of terminal acetylenes is 1. The van der Waals surface area contributed by atoms with E-state index >= 15 is 0 Å². The van der Waals surface area contributed by atoms with E-state index in [-0.39, 0.29) is 0 Å². The van der Waals surface area contributed by atoms with Crippen LogP contribution in [-0.4, -0.2) is 0 Å². The first kappa shape index (κ1) is 11.5. The maximum absolute atomic E-state index is 5.20. The molecule has 0 fully saturated rings. The Balaban J connectivity index is 0.000000671. The summed E-state index contributed by atoms with van der Waals surface area (Å²) in [6.07, 6.45) is 7.99. The smallest absolute Gasteiger partial charge is 0.0242 e. The molecule has 0 heterocycles. The van der Waals surface area contributed by atoms with Crippen LogP contribution in [0.1, 0.15) is 25.0 Å². The van der Waals surface area contributed by atoms with Crippen molar-refractivity contribution in [3.05, 3.63) is 48.0 Å². The Kier molecular flexibility index (Phi) is 6.37. The molecule has 0 N–H and O–H groups in total. The molecule has 0 spiro atoms. The predicted octanol–water partition coefficient (Wildman–Crippen LogP) is 3.42. The van der Waals surface area contributed by atoms with Crippen LogP contribution in [0.15, 0.2) is 36.9 Å². The molecule has 0 heteroatoms. The van der Waals surface area contributed by atoms with Crippen molar-refractivity contribution in [3.8, 4) is 12.3 Å². The van der Waals surface area contributed by atoms with Gasteiger partial charge in [-0.3, -0.25) is 0 Å². The molecule has 0 aromatic heterocycles. The van der Waals surface area contributed by atoms with Crippen LogP contribution in [0.4, 0.5) is 0 Å². The number of benzene rings is 1. The van der Waals surface area contributed by atoms with Gasteiger partial charge in [0.1, 0.15) is 0 Å². The normalized spacial score (nSPS) is 7.77. The molecule has 0 bridgehead atoms. The lowest BCUT2D eigenvalue weighted by Crippen LogP contribution is -1.80. The second-order valence-corrected chi connectivity index (χ2v) is 2.33. The highest BCUT2D eigenvalue weighted by Crippen LogP contribution is 2.03. The minimum absolute atomic E-state index is 0.908. The Hall–Kier alpha value is -1.48. The Labute approximate surface area is 81.3 Å². The third kappa shape index (κ3) is 4.18. The van der Waals surface area contributed by atoms with Crippen LogP contribution in [-0.2, 0) is 6.42 Å². The van der Waals surface area contributed by atoms with E-state index in [2.05, 4.69) is 12.5 Å². The molecule has 0 aliphatic carbocycles. The molecule has 1 aromatic carbocycles. The van der Waals surface area contributed by atoms with Crippen molar-refractivity contribution in [2.75, 3.05) is 0 Å². The molecule has 0 amide bonds. The van der Waals surface area contributed by atoms with Crippen molar-refractivity contribution in [2.45, 2.75) is 20.3 Å². The van der Waals surface area contributed by atoms with Gasteiger partial charge in [0, 0.05) is 5.56 Å². The first-order valence-corrected chi connectivity index (χ1v) is 4.53. The SMILES string of the molecule is C#Cc1ccc(CC=C)cc1.CC. The highest BCUT2D eigenvalue weighted by atomic mass is 13.9. The average molecular weight is 172 g/mol. The lowest BCUT2D eigenvalue weighted by atomic mass is 10.1. The zero-order valence-corrected chi connectivity index (χ0v) is 8.38. The molecule has 0 aliphatic heterocycles. The molecule has 0 atom stereocenters. The molecule has 1 rings (SSSR count). The summed E-state index contributed by atoms with van der Waals surface area (Å²) in [6, 6.07) is 7.94. The fourth-order valence-corrected chi connectivity index (χ4v) is 0.904. The highest BCUT2D eigenvalue weighted by Gasteiger charge is 1.88. The molecular weight excluding hydrogens is 156 g/mol. The van der Waals surface area contributed by atoms with E-state index in [1.807, 2.05) is 44.2 Å². The van der Waals surface area contributed by atoms with Crippen molar-refractivity contribution in [2.24, 2.45) is 0 Å². The van der Waals surface area contributed by atoms with E-state index in [0.717, 1.165) is 12.0 Å². The summed E-state index contributed by atoms with van der Waals surface area (Å²) in [5, 5.41) is 0. The van der Waals surface area contributed by atoms with Gasteiger partial charge in [0.15, 0.2) is 0 Å². The molecule has 0 saturated carbocycles. The Morgan fingerprint density at radius 1 is 1.31 bits per heavy atom. The van der Waals surface area contributed by atoms with Crippen LogP contribution in [0.3, 0.4) is 0 Å². The number of hydrogen-bond donors (Lipinski definition) is 0. The van der Waals surface area contributed by atoms with E-state index < -0.39 is 0 Å². The topological polar surface area (TPSA) is 0 Å². The van der Waals surface area contributed by atoms with Crippen LogP contribution in [0.25, 0.3) is 0 Å². The Bertz CT molecular complexity index is 272. The van der Waals surface area contributed by atoms with Gasteiger partial charge in [0.05, 0.1) is 0 Å². The largest absolute Gasteiger partial charge is 0.115 e. The summed E-state index contributed by atoms with van der Waals surface area (Å²) in [5.41, 5.74) is 2.18. The third-order valence-electron chi connectivity index (χ3n) is 1.50.